The molecule has 0 spiro atoms. The highest BCUT2D eigenvalue weighted by Gasteiger charge is 2.18. The van der Waals surface area contributed by atoms with Gasteiger partial charge in [0.25, 0.3) is 0 Å². The fourth-order valence-electron chi connectivity index (χ4n) is 1.04. The van der Waals surface area contributed by atoms with Crippen LogP contribution >= 0.6 is 0 Å². The topological polar surface area (TPSA) is 9.23 Å². The largest absolute Gasteiger partial charge is 0.545 e. The quantitative estimate of drug-likeness (QED) is 0.589. The molecule has 0 fully saturated rings. The molecule has 1 nitrogen and oxygen atoms in total. The van der Waals surface area contributed by atoms with Crippen LogP contribution in [-0.2, 0) is 4.43 Å². The molecular formula is C8H16OSi2. The first-order chi connectivity index (χ1) is 4.99. The van der Waals surface area contributed by atoms with E-state index in [1.54, 1.807) is 0 Å². The summed E-state index contributed by atoms with van der Waals surface area (Å²) < 4.78 is 5.88. The second-order valence-electron chi connectivity index (χ2n) is 3.97. The summed E-state index contributed by atoms with van der Waals surface area (Å²) in [6, 6.07) is 0. The van der Waals surface area contributed by atoms with Crippen molar-refractivity contribution in [3.63, 3.8) is 0 Å². The zero-order chi connectivity index (χ0) is 8.48. The first kappa shape index (κ1) is 8.81. The summed E-state index contributed by atoms with van der Waals surface area (Å²) in [5, 5.41) is 1.51. The number of rotatable bonds is 2. The Bertz CT molecular complexity index is 211. The molecule has 0 N–H and O–H groups in total. The molecule has 1 rings (SSSR count). The van der Waals surface area contributed by atoms with Crippen molar-refractivity contribution in [2.24, 2.45) is 0 Å². The van der Waals surface area contributed by atoms with Gasteiger partial charge < -0.3 is 4.43 Å². The fraction of sp³-hybridized carbons (Fsp3) is 0.500. The average Bonchev–Trinajstić information content (AvgIpc) is 2.12. The Morgan fingerprint density at radius 1 is 1.45 bits per heavy atom. The van der Waals surface area contributed by atoms with Crippen molar-refractivity contribution in [3.05, 3.63) is 23.1 Å². The fourth-order valence-corrected chi connectivity index (χ4v) is 2.65. The van der Waals surface area contributed by atoms with Gasteiger partial charge in [-0.3, -0.25) is 0 Å². The third kappa shape index (κ3) is 2.67. The highest BCUT2D eigenvalue weighted by atomic mass is 28.4. The van der Waals surface area contributed by atoms with Crippen LogP contribution in [0.25, 0.3) is 0 Å². The maximum absolute atomic E-state index is 5.88. The lowest BCUT2D eigenvalue weighted by atomic mass is 10.5. The van der Waals surface area contributed by atoms with Gasteiger partial charge in [-0.1, -0.05) is 6.08 Å². The highest BCUT2D eigenvalue weighted by Crippen LogP contribution is 2.20. The lowest BCUT2D eigenvalue weighted by Gasteiger charge is -2.20. The van der Waals surface area contributed by atoms with E-state index in [0.29, 0.717) is 0 Å². The molecule has 0 atom stereocenters. The van der Waals surface area contributed by atoms with Crippen LogP contribution in [0.15, 0.2) is 23.1 Å². The highest BCUT2D eigenvalue weighted by molar-refractivity contribution is 6.70. The first-order valence-corrected chi connectivity index (χ1v) is 8.45. The predicted molar refractivity (Wildman–Crippen MR) is 55.2 cm³/mol. The van der Waals surface area contributed by atoms with Gasteiger partial charge in [0, 0.05) is 10.2 Å². The second-order valence-corrected chi connectivity index (χ2v) is 9.60. The van der Waals surface area contributed by atoms with E-state index < -0.39 is 8.32 Å². The molecule has 0 aromatic rings. The molecule has 0 aromatic heterocycles. The Kier molecular flexibility index (Phi) is 2.39. The number of hydrogen-bond acceptors (Lipinski definition) is 1. The first-order valence-electron chi connectivity index (χ1n) is 4.04. The van der Waals surface area contributed by atoms with Crippen LogP contribution < -0.4 is 0 Å². The maximum Gasteiger partial charge on any atom is 0.242 e. The zero-order valence-electron chi connectivity index (χ0n) is 7.77. The molecule has 1 aliphatic rings. The van der Waals surface area contributed by atoms with Gasteiger partial charge in [0.2, 0.25) is 8.32 Å². The van der Waals surface area contributed by atoms with Crippen LogP contribution in [0.3, 0.4) is 0 Å². The van der Waals surface area contributed by atoms with Crippen molar-refractivity contribution in [1.29, 1.82) is 0 Å². The molecule has 62 valence electrons. The van der Waals surface area contributed by atoms with E-state index in [0.717, 1.165) is 16.7 Å². The third-order valence-corrected chi connectivity index (χ3v) is 3.26. The molecule has 0 heterocycles. The summed E-state index contributed by atoms with van der Waals surface area (Å²) >= 11 is 0. The van der Waals surface area contributed by atoms with Crippen LogP contribution in [0.2, 0.25) is 19.6 Å². The van der Waals surface area contributed by atoms with E-state index in [-0.39, 0.29) is 0 Å². The monoisotopic (exact) mass is 184 g/mol. The summed E-state index contributed by atoms with van der Waals surface area (Å²) in [5.41, 5.74) is 0. The van der Waals surface area contributed by atoms with Crippen molar-refractivity contribution < 1.29 is 4.43 Å². The molecule has 11 heavy (non-hydrogen) atoms. The van der Waals surface area contributed by atoms with E-state index in [1.807, 2.05) is 0 Å². The van der Waals surface area contributed by atoms with E-state index in [4.69, 9.17) is 4.43 Å². The Morgan fingerprint density at radius 3 is 2.45 bits per heavy atom. The zero-order valence-corrected chi connectivity index (χ0v) is 10.8. The van der Waals surface area contributed by atoms with Crippen molar-refractivity contribution in [2.75, 3.05) is 0 Å². The average molecular weight is 184 g/mol. The van der Waals surface area contributed by atoms with Crippen LogP contribution in [0.1, 0.15) is 6.42 Å². The molecule has 0 radical (unpaired) electrons. The van der Waals surface area contributed by atoms with Gasteiger partial charge >= 0.3 is 0 Å². The van der Waals surface area contributed by atoms with E-state index in [9.17, 15) is 0 Å². The molecule has 0 bridgehead atoms. The normalized spacial score (nSPS) is 18.1. The standard InChI is InChI=1S/C8H16OSi2/c1-11(2,3)9-7-5-4-6-8(7)10/h4-5H,6H2,1-3,10H3. The van der Waals surface area contributed by atoms with Crippen molar-refractivity contribution in [3.8, 4) is 0 Å². The van der Waals surface area contributed by atoms with Gasteiger partial charge in [-0.2, -0.15) is 0 Å². The van der Waals surface area contributed by atoms with Gasteiger partial charge in [-0.05, 0) is 37.3 Å². The lowest BCUT2D eigenvalue weighted by Crippen LogP contribution is -2.24. The molecule has 0 unspecified atom stereocenters. The SMILES string of the molecule is C[Si](C)(C)OC1=C([SiH3])CC=C1. The Hall–Kier alpha value is -0.286. The molecule has 0 saturated carbocycles. The molecule has 1 aliphatic carbocycles. The smallest absolute Gasteiger partial charge is 0.242 e. The van der Waals surface area contributed by atoms with Crippen LogP contribution in [0.4, 0.5) is 0 Å². The summed E-state index contributed by atoms with van der Waals surface area (Å²) in [7, 11) is -0.207. The van der Waals surface area contributed by atoms with Gasteiger partial charge in [-0.15, -0.1) is 0 Å². The number of hydrogen-bond donors (Lipinski definition) is 0. The Labute approximate surface area is 72.7 Å². The minimum absolute atomic E-state index is 1.13. The maximum atomic E-state index is 5.88. The molecule has 0 saturated heterocycles. The Balaban J connectivity index is 2.63. The van der Waals surface area contributed by atoms with E-state index in [1.165, 1.54) is 11.0 Å². The second kappa shape index (κ2) is 2.99. The molecule has 0 aliphatic heterocycles. The van der Waals surface area contributed by atoms with Crippen molar-refractivity contribution in [1.82, 2.24) is 0 Å². The van der Waals surface area contributed by atoms with E-state index >= 15 is 0 Å². The van der Waals surface area contributed by atoms with Crippen molar-refractivity contribution in [2.45, 2.75) is 26.1 Å². The van der Waals surface area contributed by atoms with Gasteiger partial charge in [0.15, 0.2) is 0 Å². The van der Waals surface area contributed by atoms with Gasteiger partial charge in [0.1, 0.15) is 0 Å². The summed E-state index contributed by atoms with van der Waals surface area (Å²) in [6.07, 6.45) is 5.45. The number of allylic oxidation sites excluding steroid dienone is 3. The minimum Gasteiger partial charge on any atom is -0.545 e. The van der Waals surface area contributed by atoms with Crippen LogP contribution in [0.5, 0.6) is 0 Å². The van der Waals surface area contributed by atoms with Crippen molar-refractivity contribution >= 4 is 18.6 Å². The van der Waals surface area contributed by atoms with Crippen LogP contribution in [-0.4, -0.2) is 18.6 Å². The van der Waals surface area contributed by atoms with Gasteiger partial charge in [0.05, 0.1) is 5.76 Å². The third-order valence-electron chi connectivity index (χ3n) is 1.53. The molecule has 0 amide bonds. The van der Waals surface area contributed by atoms with Gasteiger partial charge in [-0.25, -0.2) is 0 Å². The lowest BCUT2D eigenvalue weighted by molar-refractivity contribution is 0.441. The summed E-state index contributed by atoms with van der Waals surface area (Å²) in [5.74, 6) is 1.18. The minimum atomic E-state index is -1.35. The molecular weight excluding hydrogens is 168 g/mol. The molecule has 3 heteroatoms. The molecule has 0 aromatic carbocycles. The van der Waals surface area contributed by atoms with E-state index in [2.05, 4.69) is 31.8 Å². The predicted octanol–water partition coefficient (Wildman–Crippen LogP) is 1.37. The Morgan fingerprint density at radius 2 is 2.09 bits per heavy atom. The summed E-state index contributed by atoms with van der Waals surface area (Å²) in [6.45, 7) is 6.67. The summed E-state index contributed by atoms with van der Waals surface area (Å²) in [4.78, 5) is 0. The van der Waals surface area contributed by atoms with Crippen LogP contribution in [0, 0.1) is 0 Å².